The van der Waals surface area contributed by atoms with E-state index in [2.05, 4.69) is 0 Å². The van der Waals surface area contributed by atoms with Crippen LogP contribution in [-0.2, 0) is 11.2 Å². The first-order valence-corrected chi connectivity index (χ1v) is 5.05. The predicted octanol–water partition coefficient (Wildman–Crippen LogP) is 2.84. The first kappa shape index (κ1) is 9.53. The molecule has 1 aliphatic carbocycles. The molecule has 0 saturated carbocycles. The zero-order valence-electron chi connectivity index (χ0n) is 7.66. The van der Waals surface area contributed by atoms with Crippen molar-refractivity contribution < 1.29 is 9.90 Å². The highest BCUT2D eigenvalue weighted by Crippen LogP contribution is 2.41. The Bertz CT molecular complexity index is 374. The van der Waals surface area contributed by atoms with E-state index < -0.39 is 5.97 Å². The van der Waals surface area contributed by atoms with E-state index in [1.807, 2.05) is 18.2 Å². The Labute approximate surface area is 87.5 Å². The van der Waals surface area contributed by atoms with Gasteiger partial charge in [-0.2, -0.15) is 0 Å². The molecule has 0 amide bonds. The fraction of sp³-hybridized carbons (Fsp3) is 0.364. The van der Waals surface area contributed by atoms with Gasteiger partial charge in [-0.1, -0.05) is 23.7 Å². The summed E-state index contributed by atoms with van der Waals surface area (Å²) < 4.78 is 0. The van der Waals surface area contributed by atoms with Crippen LogP contribution in [0, 0.1) is 0 Å². The number of aliphatic carboxylic acids is 1. The summed E-state index contributed by atoms with van der Waals surface area (Å²) >= 11 is 5.98. The molecule has 0 fully saturated rings. The highest BCUT2D eigenvalue weighted by atomic mass is 35.5. The molecule has 0 saturated heterocycles. The van der Waals surface area contributed by atoms with Crippen molar-refractivity contribution in [2.75, 3.05) is 0 Å². The fourth-order valence-electron chi connectivity index (χ4n) is 1.95. The molecule has 1 aromatic carbocycles. The molecule has 0 aliphatic heterocycles. The van der Waals surface area contributed by atoms with Crippen LogP contribution in [0.15, 0.2) is 18.2 Å². The average Bonchev–Trinajstić information content (AvgIpc) is 2.08. The van der Waals surface area contributed by atoms with Gasteiger partial charge >= 0.3 is 5.97 Å². The molecule has 74 valence electrons. The second-order valence-corrected chi connectivity index (χ2v) is 4.05. The molecule has 2 nitrogen and oxygen atoms in total. The van der Waals surface area contributed by atoms with E-state index in [0.29, 0.717) is 5.92 Å². The molecule has 0 spiro atoms. The highest BCUT2D eigenvalue weighted by Gasteiger charge is 2.27. The lowest BCUT2D eigenvalue weighted by Gasteiger charge is -2.30. The summed E-state index contributed by atoms with van der Waals surface area (Å²) in [6.45, 7) is 0. The second kappa shape index (κ2) is 3.62. The highest BCUT2D eigenvalue weighted by molar-refractivity contribution is 6.31. The molecular formula is C11H11ClO2. The molecule has 1 N–H and O–H groups in total. The SMILES string of the molecule is O=C(O)CCC1Cc2c(Cl)cccc21. The van der Waals surface area contributed by atoms with Crippen LogP contribution in [0.4, 0.5) is 0 Å². The predicted molar refractivity (Wildman–Crippen MR) is 54.8 cm³/mol. The summed E-state index contributed by atoms with van der Waals surface area (Å²) in [6, 6.07) is 5.85. The monoisotopic (exact) mass is 210 g/mol. The van der Waals surface area contributed by atoms with E-state index in [4.69, 9.17) is 16.7 Å². The van der Waals surface area contributed by atoms with Crippen molar-refractivity contribution >= 4 is 17.6 Å². The number of carboxylic acids is 1. The van der Waals surface area contributed by atoms with Crippen molar-refractivity contribution in [3.8, 4) is 0 Å². The smallest absolute Gasteiger partial charge is 0.303 e. The maximum Gasteiger partial charge on any atom is 0.303 e. The number of hydrogen-bond donors (Lipinski definition) is 1. The molecule has 2 rings (SSSR count). The van der Waals surface area contributed by atoms with Gasteiger partial charge < -0.3 is 5.11 Å². The third kappa shape index (κ3) is 1.62. The zero-order valence-corrected chi connectivity index (χ0v) is 8.42. The molecule has 1 unspecified atom stereocenters. The molecule has 0 radical (unpaired) electrons. The summed E-state index contributed by atoms with van der Waals surface area (Å²) in [7, 11) is 0. The lowest BCUT2D eigenvalue weighted by molar-refractivity contribution is -0.137. The van der Waals surface area contributed by atoms with E-state index >= 15 is 0 Å². The molecule has 1 atom stereocenters. The van der Waals surface area contributed by atoms with Crippen LogP contribution in [0.5, 0.6) is 0 Å². The van der Waals surface area contributed by atoms with E-state index in [-0.39, 0.29) is 6.42 Å². The van der Waals surface area contributed by atoms with Crippen molar-refractivity contribution in [3.05, 3.63) is 34.3 Å². The number of halogens is 1. The molecule has 3 heteroatoms. The Morgan fingerprint density at radius 2 is 2.36 bits per heavy atom. The quantitative estimate of drug-likeness (QED) is 0.833. The second-order valence-electron chi connectivity index (χ2n) is 3.64. The first-order valence-electron chi connectivity index (χ1n) is 4.67. The summed E-state index contributed by atoms with van der Waals surface area (Å²) in [5.41, 5.74) is 2.43. The Kier molecular flexibility index (Phi) is 2.46. The van der Waals surface area contributed by atoms with Gasteiger partial charge in [-0.25, -0.2) is 0 Å². The Balaban J connectivity index is 2.05. The van der Waals surface area contributed by atoms with E-state index in [9.17, 15) is 4.79 Å². The Morgan fingerprint density at radius 1 is 1.57 bits per heavy atom. The molecule has 0 aromatic heterocycles. The van der Waals surface area contributed by atoms with Crippen molar-refractivity contribution in [2.24, 2.45) is 0 Å². The van der Waals surface area contributed by atoms with Gasteiger partial charge in [0.1, 0.15) is 0 Å². The summed E-state index contributed by atoms with van der Waals surface area (Å²) in [6.07, 6.45) is 1.90. The summed E-state index contributed by atoms with van der Waals surface area (Å²) in [5, 5.41) is 9.37. The molecular weight excluding hydrogens is 200 g/mol. The first-order chi connectivity index (χ1) is 6.68. The van der Waals surface area contributed by atoms with Crippen LogP contribution in [0.25, 0.3) is 0 Å². The van der Waals surface area contributed by atoms with Gasteiger partial charge in [0.05, 0.1) is 0 Å². The average molecular weight is 211 g/mol. The lowest BCUT2D eigenvalue weighted by Crippen LogP contribution is -2.18. The van der Waals surface area contributed by atoms with Crippen molar-refractivity contribution in [1.29, 1.82) is 0 Å². The third-order valence-corrected chi connectivity index (χ3v) is 3.11. The minimum atomic E-state index is -0.722. The zero-order chi connectivity index (χ0) is 10.1. The molecule has 1 aliphatic rings. The molecule has 0 heterocycles. The minimum absolute atomic E-state index is 0.247. The normalized spacial score (nSPS) is 18.5. The van der Waals surface area contributed by atoms with E-state index in [0.717, 1.165) is 17.9 Å². The lowest BCUT2D eigenvalue weighted by atomic mass is 9.75. The Hall–Kier alpha value is -1.02. The Morgan fingerprint density at radius 3 is 3.07 bits per heavy atom. The van der Waals surface area contributed by atoms with Crippen LogP contribution in [0.2, 0.25) is 5.02 Å². The maximum atomic E-state index is 10.4. The van der Waals surface area contributed by atoms with Gasteiger partial charge in [-0.05, 0) is 36.0 Å². The van der Waals surface area contributed by atoms with Gasteiger partial charge in [-0.3, -0.25) is 4.79 Å². The number of carbonyl (C=O) groups is 1. The summed E-state index contributed by atoms with van der Waals surface area (Å²) in [4.78, 5) is 10.4. The van der Waals surface area contributed by atoms with Crippen molar-refractivity contribution in [1.82, 2.24) is 0 Å². The number of hydrogen-bond acceptors (Lipinski definition) is 1. The van der Waals surface area contributed by atoms with Gasteiger partial charge in [0.15, 0.2) is 0 Å². The molecule has 0 bridgehead atoms. The largest absolute Gasteiger partial charge is 0.481 e. The van der Waals surface area contributed by atoms with Crippen LogP contribution in [-0.4, -0.2) is 11.1 Å². The van der Waals surface area contributed by atoms with Crippen LogP contribution in [0.1, 0.15) is 29.9 Å². The van der Waals surface area contributed by atoms with E-state index in [1.54, 1.807) is 0 Å². The fourth-order valence-corrected chi connectivity index (χ4v) is 2.21. The van der Waals surface area contributed by atoms with Gasteiger partial charge in [-0.15, -0.1) is 0 Å². The number of benzene rings is 1. The number of fused-ring (bicyclic) bond motifs is 1. The topological polar surface area (TPSA) is 37.3 Å². The van der Waals surface area contributed by atoms with Gasteiger partial charge in [0.2, 0.25) is 0 Å². The van der Waals surface area contributed by atoms with Crippen LogP contribution < -0.4 is 0 Å². The van der Waals surface area contributed by atoms with Crippen LogP contribution >= 0.6 is 11.6 Å². The van der Waals surface area contributed by atoms with E-state index in [1.165, 1.54) is 11.1 Å². The third-order valence-electron chi connectivity index (χ3n) is 2.75. The molecule has 1 aromatic rings. The van der Waals surface area contributed by atoms with Gasteiger partial charge in [0, 0.05) is 11.4 Å². The number of rotatable bonds is 3. The van der Waals surface area contributed by atoms with Crippen molar-refractivity contribution in [3.63, 3.8) is 0 Å². The van der Waals surface area contributed by atoms with Gasteiger partial charge in [0.25, 0.3) is 0 Å². The maximum absolute atomic E-state index is 10.4. The van der Waals surface area contributed by atoms with Crippen molar-refractivity contribution in [2.45, 2.75) is 25.2 Å². The number of carboxylic acid groups (broad SMARTS) is 1. The minimum Gasteiger partial charge on any atom is -0.481 e. The summed E-state index contributed by atoms with van der Waals surface area (Å²) in [5.74, 6) is -0.319. The van der Waals surface area contributed by atoms with Crippen LogP contribution in [0.3, 0.4) is 0 Å². The molecule has 14 heavy (non-hydrogen) atoms. The standard InChI is InChI=1S/C11H11ClO2/c12-10-3-1-2-8-7(6-9(8)10)4-5-11(13)14/h1-3,7H,4-6H2,(H,13,14).